The van der Waals surface area contributed by atoms with Gasteiger partial charge in [-0.3, -0.25) is 4.79 Å². The van der Waals surface area contributed by atoms with E-state index in [0.29, 0.717) is 0 Å². The second kappa shape index (κ2) is 2.44. The summed E-state index contributed by atoms with van der Waals surface area (Å²) in [5, 5.41) is 0. The molecule has 0 N–H and O–H groups in total. The molecule has 0 bridgehead atoms. The second-order valence-corrected chi connectivity index (χ2v) is 2.44. The standard InChI is InChI=1S/C3BrF5O/c4-2(6,1(5)10)3(7,8)9. The first-order valence-electron chi connectivity index (χ1n) is 1.84. The maximum atomic E-state index is 11.8. The summed E-state index contributed by atoms with van der Waals surface area (Å²) in [7, 11) is 0. The Morgan fingerprint density at radius 3 is 1.50 bits per heavy atom. The molecule has 0 radical (unpaired) electrons. The lowest BCUT2D eigenvalue weighted by atomic mass is 10.4. The van der Waals surface area contributed by atoms with Crippen LogP contribution in [0.4, 0.5) is 22.0 Å². The molecule has 10 heavy (non-hydrogen) atoms. The molecule has 0 saturated carbocycles. The van der Waals surface area contributed by atoms with Gasteiger partial charge in [-0.25, -0.2) is 4.39 Å². The van der Waals surface area contributed by atoms with Crippen molar-refractivity contribution >= 4 is 22.0 Å². The normalized spacial score (nSPS) is 18.2. The highest BCUT2D eigenvalue weighted by atomic mass is 79.9. The highest BCUT2D eigenvalue weighted by molar-refractivity contribution is 9.10. The van der Waals surface area contributed by atoms with Gasteiger partial charge in [-0.15, -0.1) is 0 Å². The molecule has 0 heterocycles. The first kappa shape index (κ1) is 9.80. The molecule has 0 saturated heterocycles. The highest BCUT2D eigenvalue weighted by Crippen LogP contribution is 2.40. The van der Waals surface area contributed by atoms with Gasteiger partial charge in [0.05, 0.1) is 0 Å². The van der Waals surface area contributed by atoms with E-state index in [-0.39, 0.29) is 0 Å². The monoisotopic (exact) mass is 226 g/mol. The van der Waals surface area contributed by atoms with E-state index in [0.717, 1.165) is 0 Å². The SMILES string of the molecule is O=C(F)C(F)(Br)C(F)(F)F. The molecule has 0 spiro atoms. The van der Waals surface area contributed by atoms with E-state index in [1.54, 1.807) is 0 Å². The fourth-order valence-corrected chi connectivity index (χ4v) is 0.111. The van der Waals surface area contributed by atoms with Crippen LogP contribution in [0.3, 0.4) is 0 Å². The Morgan fingerprint density at radius 1 is 1.20 bits per heavy atom. The Labute approximate surface area is 60.3 Å². The van der Waals surface area contributed by atoms with Crippen molar-refractivity contribution in [2.45, 2.75) is 10.8 Å². The fraction of sp³-hybridized carbons (Fsp3) is 0.667. The van der Waals surface area contributed by atoms with Crippen molar-refractivity contribution in [2.75, 3.05) is 0 Å². The van der Waals surface area contributed by atoms with Crippen LogP contribution in [-0.2, 0) is 4.79 Å². The maximum Gasteiger partial charge on any atom is 0.443 e. The Kier molecular flexibility index (Phi) is 2.40. The van der Waals surface area contributed by atoms with Crippen molar-refractivity contribution in [3.05, 3.63) is 0 Å². The largest absolute Gasteiger partial charge is 0.443 e. The number of hydrogen-bond donors (Lipinski definition) is 0. The van der Waals surface area contributed by atoms with E-state index in [1.807, 2.05) is 0 Å². The molecular formula is C3BrF5O. The fourth-order valence-electron chi connectivity index (χ4n) is 0.111. The molecule has 0 aliphatic carbocycles. The van der Waals surface area contributed by atoms with Gasteiger partial charge in [0, 0.05) is 0 Å². The molecule has 0 fully saturated rings. The summed E-state index contributed by atoms with van der Waals surface area (Å²) in [4.78, 5) is 9.30. The lowest BCUT2D eigenvalue weighted by Gasteiger charge is -2.15. The van der Waals surface area contributed by atoms with Crippen LogP contribution in [-0.4, -0.2) is 16.8 Å². The molecule has 1 unspecified atom stereocenters. The summed E-state index contributed by atoms with van der Waals surface area (Å²) in [6, 6.07) is -3.11. The molecule has 60 valence electrons. The van der Waals surface area contributed by atoms with E-state index in [4.69, 9.17) is 0 Å². The van der Waals surface area contributed by atoms with Crippen LogP contribution in [0.25, 0.3) is 0 Å². The van der Waals surface area contributed by atoms with Crippen molar-refractivity contribution in [2.24, 2.45) is 0 Å². The van der Waals surface area contributed by atoms with Crippen LogP contribution in [0.5, 0.6) is 0 Å². The maximum absolute atomic E-state index is 11.8. The number of alkyl halides is 5. The van der Waals surface area contributed by atoms with E-state index in [1.165, 1.54) is 15.9 Å². The third kappa shape index (κ3) is 1.65. The summed E-state index contributed by atoms with van der Waals surface area (Å²) >= 11 is 1.25. The van der Waals surface area contributed by atoms with Gasteiger partial charge in [-0.05, 0) is 15.9 Å². The smallest absolute Gasteiger partial charge is 0.256 e. The van der Waals surface area contributed by atoms with Gasteiger partial charge in [-0.1, -0.05) is 0 Å². The first-order valence-corrected chi connectivity index (χ1v) is 2.63. The summed E-state index contributed by atoms with van der Waals surface area (Å²) in [6.07, 6.45) is -5.56. The lowest BCUT2D eigenvalue weighted by Crippen LogP contribution is -2.40. The molecule has 0 aromatic carbocycles. The Hall–Kier alpha value is -0.200. The molecule has 1 nitrogen and oxygen atoms in total. The Morgan fingerprint density at radius 2 is 1.50 bits per heavy atom. The Balaban J connectivity index is 4.57. The van der Waals surface area contributed by atoms with Crippen molar-refractivity contribution in [3.8, 4) is 0 Å². The van der Waals surface area contributed by atoms with Crippen LogP contribution in [0.15, 0.2) is 0 Å². The zero-order valence-corrected chi connectivity index (χ0v) is 5.76. The summed E-state index contributed by atoms with van der Waals surface area (Å²) in [6.45, 7) is 0. The molecular weight excluding hydrogens is 227 g/mol. The summed E-state index contributed by atoms with van der Waals surface area (Å²) in [5.74, 6) is 0. The van der Waals surface area contributed by atoms with Crippen molar-refractivity contribution in [3.63, 3.8) is 0 Å². The molecule has 0 aliphatic rings. The minimum Gasteiger partial charge on any atom is -0.256 e. The third-order valence-electron chi connectivity index (χ3n) is 0.603. The van der Waals surface area contributed by atoms with Crippen LogP contribution in [0.2, 0.25) is 0 Å². The molecule has 0 aromatic heterocycles. The minimum absolute atomic E-state index is 1.25. The highest BCUT2D eigenvalue weighted by Gasteiger charge is 2.61. The topological polar surface area (TPSA) is 17.1 Å². The molecule has 0 aliphatic heterocycles. The number of carbonyl (C=O) groups excluding carboxylic acids is 1. The molecule has 0 aromatic rings. The van der Waals surface area contributed by atoms with Crippen molar-refractivity contribution in [1.29, 1.82) is 0 Å². The van der Waals surface area contributed by atoms with Crippen molar-refractivity contribution in [1.82, 2.24) is 0 Å². The molecule has 7 heteroatoms. The third-order valence-corrected chi connectivity index (χ3v) is 1.36. The summed E-state index contributed by atoms with van der Waals surface area (Å²) < 4.78 is 52.0. The first-order chi connectivity index (χ1) is 4.19. The van der Waals surface area contributed by atoms with Crippen LogP contribution >= 0.6 is 15.9 Å². The van der Waals surface area contributed by atoms with E-state index in [2.05, 4.69) is 0 Å². The zero-order valence-electron chi connectivity index (χ0n) is 4.18. The predicted molar refractivity (Wildman–Crippen MR) is 24.9 cm³/mol. The average molecular weight is 227 g/mol. The van der Waals surface area contributed by atoms with Gasteiger partial charge in [0.15, 0.2) is 0 Å². The van der Waals surface area contributed by atoms with Crippen LogP contribution < -0.4 is 0 Å². The van der Waals surface area contributed by atoms with E-state index >= 15 is 0 Å². The van der Waals surface area contributed by atoms with Gasteiger partial charge in [-0.2, -0.15) is 17.6 Å². The molecule has 0 amide bonds. The van der Waals surface area contributed by atoms with Gasteiger partial charge < -0.3 is 0 Å². The molecule has 1 atom stereocenters. The number of rotatable bonds is 1. The Bertz CT molecular complexity index is 149. The van der Waals surface area contributed by atoms with Gasteiger partial charge in [0.1, 0.15) is 0 Å². The number of carbonyl (C=O) groups is 1. The minimum atomic E-state index is -5.56. The molecule has 0 rings (SSSR count). The average Bonchev–Trinajstić information content (AvgIpc) is 1.62. The van der Waals surface area contributed by atoms with Crippen molar-refractivity contribution < 1.29 is 26.7 Å². The number of hydrogen-bond acceptors (Lipinski definition) is 1. The quantitative estimate of drug-likeness (QED) is 0.380. The zero-order chi connectivity index (χ0) is 8.58. The van der Waals surface area contributed by atoms with Crippen LogP contribution in [0, 0.1) is 0 Å². The van der Waals surface area contributed by atoms with Gasteiger partial charge in [0.2, 0.25) is 0 Å². The van der Waals surface area contributed by atoms with Gasteiger partial charge in [0.25, 0.3) is 0 Å². The number of halogens is 6. The van der Waals surface area contributed by atoms with E-state index in [9.17, 15) is 26.7 Å². The lowest BCUT2D eigenvalue weighted by molar-refractivity contribution is -0.200. The van der Waals surface area contributed by atoms with E-state index < -0.39 is 16.8 Å². The summed E-state index contributed by atoms with van der Waals surface area (Å²) in [5.41, 5.74) is 0. The van der Waals surface area contributed by atoms with Crippen LogP contribution in [0.1, 0.15) is 0 Å². The predicted octanol–water partition coefficient (Wildman–Crippen LogP) is 2.11. The van der Waals surface area contributed by atoms with Gasteiger partial charge >= 0.3 is 16.8 Å². The second-order valence-electron chi connectivity index (χ2n) is 1.35.